The summed E-state index contributed by atoms with van der Waals surface area (Å²) in [4.78, 5) is 0. The standard InChI is InChI=1S/C26H55BrS/c1-4-7-10-13-16-17-20-23-26-28(27,24-21-18-14-11-8-5-2)25-22-19-15-12-9-6-3/h4-26H2,1-3H3. The van der Waals surface area contributed by atoms with E-state index in [1.807, 2.05) is 0 Å². The van der Waals surface area contributed by atoms with Crippen LogP contribution in [0.2, 0.25) is 0 Å². The zero-order chi connectivity index (χ0) is 20.8. The van der Waals surface area contributed by atoms with Crippen molar-refractivity contribution in [3.8, 4) is 0 Å². The Morgan fingerprint density at radius 3 is 0.821 bits per heavy atom. The quantitative estimate of drug-likeness (QED) is 0.128. The second-order valence-electron chi connectivity index (χ2n) is 9.06. The average molecular weight is 480 g/mol. The second-order valence-corrected chi connectivity index (χ2v) is 16.3. The first-order valence-corrected chi connectivity index (χ1v) is 17.1. The topological polar surface area (TPSA) is 0 Å². The van der Waals surface area contributed by atoms with Crippen molar-refractivity contribution in [3.05, 3.63) is 0 Å². The van der Waals surface area contributed by atoms with Crippen LogP contribution in [0.4, 0.5) is 0 Å². The molecule has 0 fully saturated rings. The van der Waals surface area contributed by atoms with Crippen molar-refractivity contribution in [2.45, 2.75) is 149 Å². The predicted molar refractivity (Wildman–Crippen MR) is 140 cm³/mol. The summed E-state index contributed by atoms with van der Waals surface area (Å²) in [5.41, 5.74) is 0. The van der Waals surface area contributed by atoms with Crippen molar-refractivity contribution in [1.82, 2.24) is 0 Å². The molecule has 0 unspecified atom stereocenters. The van der Waals surface area contributed by atoms with Gasteiger partial charge in [0.1, 0.15) is 0 Å². The molecule has 2 heteroatoms. The van der Waals surface area contributed by atoms with Gasteiger partial charge in [-0.25, -0.2) is 0 Å². The van der Waals surface area contributed by atoms with E-state index in [9.17, 15) is 0 Å². The molecule has 0 nitrogen and oxygen atoms in total. The van der Waals surface area contributed by atoms with Crippen LogP contribution in [0.1, 0.15) is 149 Å². The van der Waals surface area contributed by atoms with Crippen molar-refractivity contribution in [1.29, 1.82) is 0 Å². The molecule has 0 aliphatic heterocycles. The van der Waals surface area contributed by atoms with Gasteiger partial charge < -0.3 is 0 Å². The van der Waals surface area contributed by atoms with Gasteiger partial charge in [0, 0.05) is 0 Å². The third-order valence-electron chi connectivity index (χ3n) is 6.09. The van der Waals surface area contributed by atoms with Crippen molar-refractivity contribution in [2.75, 3.05) is 17.3 Å². The van der Waals surface area contributed by atoms with E-state index in [4.69, 9.17) is 0 Å². The molecular formula is C26H55BrS. The van der Waals surface area contributed by atoms with Gasteiger partial charge >= 0.3 is 0 Å². The summed E-state index contributed by atoms with van der Waals surface area (Å²) in [7, 11) is -0.513. The van der Waals surface area contributed by atoms with E-state index >= 15 is 0 Å². The van der Waals surface area contributed by atoms with Crippen LogP contribution in [-0.2, 0) is 0 Å². The van der Waals surface area contributed by atoms with Gasteiger partial charge in [0.15, 0.2) is 0 Å². The molecule has 28 heavy (non-hydrogen) atoms. The van der Waals surface area contributed by atoms with Gasteiger partial charge in [-0.15, -0.1) is 0 Å². The Morgan fingerprint density at radius 2 is 0.571 bits per heavy atom. The monoisotopic (exact) mass is 478 g/mol. The molecule has 0 atom stereocenters. The number of rotatable bonds is 23. The molecule has 0 aliphatic carbocycles. The van der Waals surface area contributed by atoms with Gasteiger partial charge in [-0.05, 0) is 51.3 Å². The third kappa shape index (κ3) is 20.1. The lowest BCUT2D eigenvalue weighted by molar-refractivity contribution is 0.586. The highest BCUT2D eigenvalue weighted by Crippen LogP contribution is 2.57. The van der Waals surface area contributed by atoms with Crippen LogP contribution in [0.3, 0.4) is 0 Å². The van der Waals surface area contributed by atoms with Crippen LogP contribution in [0.25, 0.3) is 0 Å². The molecule has 0 saturated heterocycles. The predicted octanol–water partition coefficient (Wildman–Crippen LogP) is 11.0. The molecule has 0 radical (unpaired) electrons. The molecule has 0 aromatic rings. The Hall–Kier alpha value is 0.830. The molecular weight excluding hydrogens is 424 g/mol. The number of unbranched alkanes of at least 4 members (excludes halogenated alkanes) is 17. The Morgan fingerprint density at radius 1 is 0.357 bits per heavy atom. The SMILES string of the molecule is CCCCCCCCCCS(Br)(CCCCCCCC)CCCCCCCC. The highest BCUT2D eigenvalue weighted by Gasteiger charge is 2.19. The lowest BCUT2D eigenvalue weighted by Gasteiger charge is -2.34. The molecule has 0 rings (SSSR count). The van der Waals surface area contributed by atoms with E-state index < -0.39 is 8.46 Å². The smallest absolute Gasteiger partial charge is 0.0136 e. The van der Waals surface area contributed by atoms with Crippen LogP contribution in [-0.4, -0.2) is 17.3 Å². The largest absolute Gasteiger partial charge is 0.183 e. The van der Waals surface area contributed by atoms with Crippen molar-refractivity contribution < 1.29 is 0 Å². The van der Waals surface area contributed by atoms with E-state index in [2.05, 4.69) is 35.6 Å². The van der Waals surface area contributed by atoms with E-state index in [1.54, 1.807) is 0 Å². The summed E-state index contributed by atoms with van der Waals surface area (Å²) in [6.07, 6.45) is 28.9. The molecule has 0 aromatic heterocycles. The first kappa shape index (κ1) is 28.8. The molecule has 0 N–H and O–H groups in total. The molecule has 0 saturated carbocycles. The molecule has 0 spiro atoms. The van der Waals surface area contributed by atoms with E-state index in [0.29, 0.717) is 0 Å². The van der Waals surface area contributed by atoms with Crippen LogP contribution >= 0.6 is 23.3 Å². The van der Waals surface area contributed by atoms with Crippen molar-refractivity contribution in [2.24, 2.45) is 0 Å². The Kier molecular flexibility index (Phi) is 23.2. The minimum Gasteiger partial charge on any atom is -0.183 e. The van der Waals surface area contributed by atoms with Gasteiger partial charge in [0.25, 0.3) is 0 Å². The molecule has 0 bridgehead atoms. The number of hydrogen-bond acceptors (Lipinski definition) is 0. The van der Waals surface area contributed by atoms with Crippen LogP contribution in [0.15, 0.2) is 0 Å². The minimum absolute atomic E-state index is 0.513. The molecule has 0 heterocycles. The normalized spacial score (nSPS) is 12.6. The summed E-state index contributed by atoms with van der Waals surface area (Å²) in [5.74, 6) is 4.47. The molecule has 0 amide bonds. The van der Waals surface area contributed by atoms with Crippen LogP contribution in [0, 0.1) is 0 Å². The summed E-state index contributed by atoms with van der Waals surface area (Å²) < 4.78 is 0. The van der Waals surface area contributed by atoms with E-state index in [0.717, 1.165) is 0 Å². The lowest BCUT2D eigenvalue weighted by atomic mass is 10.1. The number of hydrogen-bond donors (Lipinski definition) is 0. The maximum Gasteiger partial charge on any atom is -0.0136 e. The summed E-state index contributed by atoms with van der Waals surface area (Å²) >= 11 is 4.34. The lowest BCUT2D eigenvalue weighted by Crippen LogP contribution is -2.08. The highest BCUT2D eigenvalue weighted by atomic mass is 79.9. The van der Waals surface area contributed by atoms with Gasteiger partial charge in [-0.1, -0.05) is 130 Å². The van der Waals surface area contributed by atoms with Gasteiger partial charge in [-0.2, -0.15) is 8.46 Å². The summed E-state index contributed by atoms with van der Waals surface area (Å²) in [6.45, 7) is 6.95. The Balaban J connectivity index is 4.01. The highest BCUT2D eigenvalue weighted by molar-refractivity contribution is 9.58. The molecule has 172 valence electrons. The molecule has 0 aliphatic rings. The van der Waals surface area contributed by atoms with Crippen molar-refractivity contribution in [3.63, 3.8) is 0 Å². The van der Waals surface area contributed by atoms with Gasteiger partial charge in [-0.3, -0.25) is 0 Å². The Labute approximate surface area is 189 Å². The third-order valence-corrected chi connectivity index (χ3v) is 12.1. The second kappa shape index (κ2) is 22.5. The summed E-state index contributed by atoms with van der Waals surface area (Å²) in [5, 5.41) is 0. The van der Waals surface area contributed by atoms with E-state index in [-0.39, 0.29) is 0 Å². The minimum atomic E-state index is -0.513. The van der Waals surface area contributed by atoms with Gasteiger partial charge in [0.2, 0.25) is 0 Å². The van der Waals surface area contributed by atoms with E-state index in [1.165, 1.54) is 146 Å². The van der Waals surface area contributed by atoms with Gasteiger partial charge in [0.05, 0.1) is 0 Å². The maximum atomic E-state index is 4.34. The van der Waals surface area contributed by atoms with Crippen LogP contribution < -0.4 is 0 Å². The fourth-order valence-electron chi connectivity index (χ4n) is 4.08. The average Bonchev–Trinajstić information content (AvgIpc) is 2.69. The van der Waals surface area contributed by atoms with Crippen LogP contribution in [0.5, 0.6) is 0 Å². The summed E-state index contributed by atoms with van der Waals surface area (Å²) in [6, 6.07) is 0. The first-order valence-electron chi connectivity index (χ1n) is 13.1. The van der Waals surface area contributed by atoms with Crippen molar-refractivity contribution >= 4 is 23.3 Å². The fourth-order valence-corrected chi connectivity index (χ4v) is 8.92. The Bertz CT molecular complexity index is 276. The zero-order valence-corrected chi connectivity index (χ0v) is 22.5. The zero-order valence-electron chi connectivity index (χ0n) is 20.0. The first-order chi connectivity index (χ1) is 13.7. The fraction of sp³-hybridized carbons (Fsp3) is 1.00. The number of halogens is 1. The molecule has 0 aromatic carbocycles. The maximum absolute atomic E-state index is 4.34.